The van der Waals surface area contributed by atoms with Gasteiger partial charge in [0.15, 0.2) is 6.10 Å². The predicted octanol–water partition coefficient (Wildman–Crippen LogP) is -0.315. The van der Waals surface area contributed by atoms with E-state index in [4.69, 9.17) is 9.47 Å². The van der Waals surface area contributed by atoms with Gasteiger partial charge in [-0.05, 0) is 24.3 Å². The monoisotopic (exact) mass is 400 g/mol. The summed E-state index contributed by atoms with van der Waals surface area (Å²) in [6.45, 7) is 1.20. The molecule has 1 aliphatic heterocycles. The zero-order chi connectivity index (χ0) is 20.4. The Morgan fingerprint density at radius 3 is 2.37 bits per heavy atom. The molecule has 1 aromatic rings. The molecule has 1 N–H and O–H groups in total. The Labute approximate surface area is 156 Å². The Morgan fingerprint density at radius 2 is 1.89 bits per heavy atom. The number of esters is 1. The molecule has 10 nitrogen and oxygen atoms in total. The van der Waals surface area contributed by atoms with Gasteiger partial charge in [0.2, 0.25) is 16.1 Å². The largest absolute Gasteiger partial charge is 0.478 e. The van der Waals surface area contributed by atoms with E-state index in [1.807, 2.05) is 0 Å². The Morgan fingerprint density at radius 1 is 1.30 bits per heavy atom. The van der Waals surface area contributed by atoms with E-state index in [1.165, 1.54) is 43.3 Å². The molecule has 1 fully saturated rings. The van der Waals surface area contributed by atoms with Crippen LogP contribution in [0.25, 0.3) is 0 Å². The molecular formula is C16H20N2O8S. The number of morpholine rings is 1. The number of ether oxygens (including phenoxy) is 2. The van der Waals surface area contributed by atoms with Crippen LogP contribution in [0.3, 0.4) is 0 Å². The SMILES string of the molecule is CC(=O)O[C@@H](C(=O)O)[C@H]1OCCN(c2ccc(S(=O)(=O)N(C)C)cc2)C1=O. The van der Waals surface area contributed by atoms with Crippen molar-refractivity contribution in [2.45, 2.75) is 24.0 Å². The lowest BCUT2D eigenvalue weighted by molar-refractivity contribution is -0.177. The molecule has 1 amide bonds. The molecular weight excluding hydrogens is 380 g/mol. The van der Waals surface area contributed by atoms with E-state index in [0.29, 0.717) is 5.69 Å². The fourth-order valence-corrected chi connectivity index (χ4v) is 3.41. The topological polar surface area (TPSA) is 131 Å². The van der Waals surface area contributed by atoms with Crippen LogP contribution < -0.4 is 4.90 Å². The Balaban J connectivity index is 2.27. The molecule has 27 heavy (non-hydrogen) atoms. The molecule has 2 rings (SSSR count). The first-order chi connectivity index (χ1) is 12.6. The van der Waals surface area contributed by atoms with Crippen molar-refractivity contribution in [2.24, 2.45) is 0 Å². The van der Waals surface area contributed by atoms with E-state index in [1.54, 1.807) is 0 Å². The number of aliphatic carboxylic acids is 1. The Hall–Kier alpha value is -2.50. The molecule has 11 heteroatoms. The lowest BCUT2D eigenvalue weighted by Gasteiger charge is -2.34. The molecule has 148 valence electrons. The van der Waals surface area contributed by atoms with Crippen LogP contribution in [0.4, 0.5) is 5.69 Å². The second-order valence-corrected chi connectivity index (χ2v) is 8.08. The second-order valence-electron chi connectivity index (χ2n) is 5.93. The van der Waals surface area contributed by atoms with E-state index < -0.39 is 40.1 Å². The first kappa shape index (κ1) is 20.8. The van der Waals surface area contributed by atoms with E-state index in [9.17, 15) is 27.9 Å². The third-order valence-electron chi connectivity index (χ3n) is 3.86. The number of amides is 1. The van der Waals surface area contributed by atoms with Gasteiger partial charge in [-0.1, -0.05) is 0 Å². The maximum atomic E-state index is 12.7. The highest BCUT2D eigenvalue weighted by atomic mass is 32.2. The van der Waals surface area contributed by atoms with E-state index in [-0.39, 0.29) is 18.0 Å². The zero-order valence-corrected chi connectivity index (χ0v) is 15.8. The minimum absolute atomic E-state index is 0.0270. The van der Waals surface area contributed by atoms with Crippen LogP contribution in [0, 0.1) is 0 Å². The summed E-state index contributed by atoms with van der Waals surface area (Å²) in [6, 6.07) is 5.59. The summed E-state index contributed by atoms with van der Waals surface area (Å²) < 4.78 is 35.2. The van der Waals surface area contributed by atoms with Crippen molar-refractivity contribution in [3.05, 3.63) is 24.3 Å². The number of hydrogen-bond acceptors (Lipinski definition) is 7. The van der Waals surface area contributed by atoms with E-state index >= 15 is 0 Å². The van der Waals surface area contributed by atoms with Crippen molar-refractivity contribution in [1.82, 2.24) is 4.31 Å². The maximum absolute atomic E-state index is 12.7. The zero-order valence-electron chi connectivity index (χ0n) is 15.0. The number of nitrogens with zero attached hydrogens (tertiary/aromatic N) is 2. The summed E-state index contributed by atoms with van der Waals surface area (Å²) in [5.74, 6) is -3.05. The molecule has 0 radical (unpaired) electrons. The van der Waals surface area contributed by atoms with Crippen LogP contribution >= 0.6 is 0 Å². The molecule has 1 saturated heterocycles. The number of carboxylic acids is 1. The van der Waals surface area contributed by atoms with Crippen LogP contribution in [0.5, 0.6) is 0 Å². The van der Waals surface area contributed by atoms with Gasteiger partial charge in [0.05, 0.1) is 11.5 Å². The van der Waals surface area contributed by atoms with Crippen molar-refractivity contribution in [1.29, 1.82) is 0 Å². The first-order valence-electron chi connectivity index (χ1n) is 7.91. The minimum atomic E-state index is -3.62. The van der Waals surface area contributed by atoms with Crippen LogP contribution in [0.2, 0.25) is 0 Å². The molecule has 1 aliphatic rings. The lowest BCUT2D eigenvalue weighted by atomic mass is 10.1. The standard InChI is InChI=1S/C16H20N2O8S/c1-10(19)26-14(16(21)22)13-15(20)18(8-9-25-13)11-4-6-12(7-5-11)27(23,24)17(2)3/h4-7,13-14H,8-9H2,1-3H3,(H,21,22)/t13-,14-/m1/s1. The van der Waals surface area contributed by atoms with Gasteiger partial charge in [-0.15, -0.1) is 0 Å². The van der Waals surface area contributed by atoms with Gasteiger partial charge >= 0.3 is 11.9 Å². The molecule has 0 aromatic heterocycles. The number of carbonyl (C=O) groups excluding carboxylic acids is 2. The summed E-state index contributed by atoms with van der Waals surface area (Å²) in [4.78, 5) is 36.4. The lowest BCUT2D eigenvalue weighted by Crippen LogP contribution is -2.55. The Bertz CT molecular complexity index is 834. The van der Waals surface area contributed by atoms with Crippen molar-refractivity contribution >= 4 is 33.6 Å². The third kappa shape index (κ3) is 4.43. The fourth-order valence-electron chi connectivity index (χ4n) is 2.51. The van der Waals surface area contributed by atoms with Crippen molar-refractivity contribution < 1.29 is 37.4 Å². The molecule has 0 saturated carbocycles. The molecule has 0 unspecified atom stereocenters. The third-order valence-corrected chi connectivity index (χ3v) is 5.69. The minimum Gasteiger partial charge on any atom is -0.478 e. The molecule has 0 spiro atoms. The fraction of sp³-hybridized carbons (Fsp3) is 0.438. The van der Waals surface area contributed by atoms with Crippen molar-refractivity contribution in [2.75, 3.05) is 32.1 Å². The van der Waals surface area contributed by atoms with Crippen LogP contribution in [-0.2, 0) is 33.9 Å². The summed E-state index contributed by atoms with van der Waals surface area (Å²) >= 11 is 0. The van der Waals surface area contributed by atoms with Gasteiger partial charge in [0.25, 0.3) is 5.91 Å². The molecule has 2 atom stereocenters. The summed E-state index contributed by atoms with van der Waals surface area (Å²) in [5.41, 5.74) is 0.373. The average Bonchev–Trinajstić information content (AvgIpc) is 2.60. The quantitative estimate of drug-likeness (QED) is 0.643. The molecule has 0 aliphatic carbocycles. The van der Waals surface area contributed by atoms with Crippen LogP contribution in [0.15, 0.2) is 29.2 Å². The number of hydrogen-bond donors (Lipinski definition) is 1. The van der Waals surface area contributed by atoms with Gasteiger partial charge in [0.1, 0.15) is 0 Å². The number of anilines is 1. The van der Waals surface area contributed by atoms with Gasteiger partial charge in [0, 0.05) is 33.3 Å². The second kappa shape index (κ2) is 8.03. The normalized spacial score (nSPS) is 19.0. The summed E-state index contributed by atoms with van der Waals surface area (Å²) in [6.07, 6.45) is -3.27. The molecule has 1 aromatic carbocycles. The number of carbonyl (C=O) groups is 3. The van der Waals surface area contributed by atoms with E-state index in [2.05, 4.69) is 0 Å². The van der Waals surface area contributed by atoms with Gasteiger partial charge in [-0.3, -0.25) is 9.59 Å². The average molecular weight is 400 g/mol. The van der Waals surface area contributed by atoms with Gasteiger partial charge in [-0.2, -0.15) is 0 Å². The van der Waals surface area contributed by atoms with Crippen molar-refractivity contribution in [3.63, 3.8) is 0 Å². The van der Waals surface area contributed by atoms with E-state index in [0.717, 1.165) is 11.2 Å². The Kier molecular flexibility index (Phi) is 6.19. The number of sulfonamides is 1. The van der Waals surface area contributed by atoms with Gasteiger partial charge in [-0.25, -0.2) is 17.5 Å². The van der Waals surface area contributed by atoms with Crippen LogP contribution in [-0.4, -0.2) is 75.1 Å². The van der Waals surface area contributed by atoms with Gasteiger partial charge < -0.3 is 19.5 Å². The number of benzene rings is 1. The molecule has 1 heterocycles. The van der Waals surface area contributed by atoms with Crippen molar-refractivity contribution in [3.8, 4) is 0 Å². The highest BCUT2D eigenvalue weighted by Crippen LogP contribution is 2.24. The summed E-state index contributed by atoms with van der Waals surface area (Å²) in [7, 11) is -0.810. The molecule has 0 bridgehead atoms. The number of carboxylic acid groups (broad SMARTS) is 1. The first-order valence-corrected chi connectivity index (χ1v) is 9.35. The summed E-state index contributed by atoms with van der Waals surface area (Å²) in [5, 5.41) is 9.23. The smallest absolute Gasteiger partial charge is 0.348 e. The number of rotatable bonds is 6. The highest BCUT2D eigenvalue weighted by molar-refractivity contribution is 7.89. The van der Waals surface area contributed by atoms with Crippen LogP contribution in [0.1, 0.15) is 6.92 Å². The maximum Gasteiger partial charge on any atom is 0.348 e. The predicted molar refractivity (Wildman–Crippen MR) is 92.6 cm³/mol. The highest BCUT2D eigenvalue weighted by Gasteiger charge is 2.42.